The molecule has 4 heteroatoms. The number of ether oxygens (including phenoxy) is 1. The molecule has 2 aliphatic carbocycles. The summed E-state index contributed by atoms with van der Waals surface area (Å²) in [5.41, 5.74) is -0.0269. The Morgan fingerprint density at radius 2 is 2.11 bits per heavy atom. The van der Waals surface area contributed by atoms with Crippen LogP contribution in [0.1, 0.15) is 46.0 Å². The van der Waals surface area contributed by atoms with Crippen LogP contribution in [0, 0.1) is 0 Å². The SMILES string of the molecule is CC1(C)CN(C2CCC(CO)(NC3CC3)C2)CCO1. The van der Waals surface area contributed by atoms with E-state index in [4.69, 9.17) is 4.74 Å². The van der Waals surface area contributed by atoms with Crippen LogP contribution in [-0.2, 0) is 4.74 Å². The molecule has 1 aliphatic heterocycles. The first kappa shape index (κ1) is 13.8. The Kier molecular flexibility index (Phi) is 3.63. The molecular formula is C15H28N2O2. The van der Waals surface area contributed by atoms with Crippen molar-refractivity contribution in [2.75, 3.05) is 26.3 Å². The van der Waals surface area contributed by atoms with Gasteiger partial charge in [-0.25, -0.2) is 0 Å². The van der Waals surface area contributed by atoms with Crippen molar-refractivity contribution in [2.45, 2.75) is 69.2 Å². The van der Waals surface area contributed by atoms with Gasteiger partial charge in [-0.3, -0.25) is 4.90 Å². The van der Waals surface area contributed by atoms with Crippen LogP contribution in [0.2, 0.25) is 0 Å². The van der Waals surface area contributed by atoms with Gasteiger partial charge < -0.3 is 15.2 Å². The molecule has 2 unspecified atom stereocenters. The normalized spacial score (nSPS) is 39.6. The van der Waals surface area contributed by atoms with Crippen molar-refractivity contribution in [3.8, 4) is 0 Å². The summed E-state index contributed by atoms with van der Waals surface area (Å²) in [4.78, 5) is 2.58. The predicted molar refractivity (Wildman–Crippen MR) is 75.2 cm³/mol. The van der Waals surface area contributed by atoms with Gasteiger partial charge in [0.1, 0.15) is 0 Å². The molecule has 0 aromatic heterocycles. The molecule has 3 fully saturated rings. The van der Waals surface area contributed by atoms with E-state index in [1.807, 2.05) is 0 Å². The van der Waals surface area contributed by atoms with Crippen molar-refractivity contribution in [1.82, 2.24) is 10.2 Å². The highest BCUT2D eigenvalue weighted by molar-refractivity contribution is 5.03. The Labute approximate surface area is 116 Å². The summed E-state index contributed by atoms with van der Waals surface area (Å²) in [6.07, 6.45) is 5.99. The zero-order valence-electron chi connectivity index (χ0n) is 12.3. The number of aliphatic hydroxyl groups excluding tert-OH is 1. The summed E-state index contributed by atoms with van der Waals surface area (Å²) in [6, 6.07) is 1.29. The van der Waals surface area contributed by atoms with Crippen LogP contribution in [0.5, 0.6) is 0 Å². The highest BCUT2D eigenvalue weighted by Crippen LogP contribution is 2.37. The lowest BCUT2D eigenvalue weighted by Crippen LogP contribution is -2.53. The Bertz CT molecular complexity index is 330. The minimum absolute atomic E-state index is 0.00567. The van der Waals surface area contributed by atoms with Crippen LogP contribution in [0.15, 0.2) is 0 Å². The zero-order valence-corrected chi connectivity index (χ0v) is 12.3. The first-order chi connectivity index (χ1) is 9.02. The van der Waals surface area contributed by atoms with Crippen molar-refractivity contribution in [1.29, 1.82) is 0 Å². The van der Waals surface area contributed by atoms with Gasteiger partial charge in [0.15, 0.2) is 0 Å². The van der Waals surface area contributed by atoms with Gasteiger partial charge in [0.05, 0.1) is 18.8 Å². The Morgan fingerprint density at radius 1 is 1.32 bits per heavy atom. The average Bonchev–Trinajstić information content (AvgIpc) is 3.05. The third-order valence-corrected chi connectivity index (χ3v) is 4.94. The lowest BCUT2D eigenvalue weighted by Gasteiger charge is -2.41. The van der Waals surface area contributed by atoms with Gasteiger partial charge in [-0.2, -0.15) is 0 Å². The molecule has 3 aliphatic rings. The third-order valence-electron chi connectivity index (χ3n) is 4.94. The van der Waals surface area contributed by atoms with Crippen LogP contribution in [-0.4, -0.2) is 59.5 Å². The Hall–Kier alpha value is -0.160. The van der Waals surface area contributed by atoms with Gasteiger partial charge in [-0.15, -0.1) is 0 Å². The lowest BCUT2D eigenvalue weighted by molar-refractivity contribution is -0.0971. The molecule has 2 atom stereocenters. The maximum atomic E-state index is 9.81. The zero-order chi connectivity index (χ0) is 13.5. The number of aliphatic hydroxyl groups is 1. The fourth-order valence-corrected chi connectivity index (χ4v) is 3.76. The molecule has 4 nitrogen and oxygen atoms in total. The van der Waals surface area contributed by atoms with E-state index in [-0.39, 0.29) is 17.7 Å². The van der Waals surface area contributed by atoms with Gasteiger partial charge in [0, 0.05) is 30.7 Å². The molecule has 1 heterocycles. The summed E-state index contributed by atoms with van der Waals surface area (Å²) < 4.78 is 5.80. The summed E-state index contributed by atoms with van der Waals surface area (Å²) in [5, 5.41) is 13.5. The van der Waals surface area contributed by atoms with E-state index in [2.05, 4.69) is 24.1 Å². The van der Waals surface area contributed by atoms with E-state index in [0.29, 0.717) is 12.1 Å². The minimum Gasteiger partial charge on any atom is -0.394 e. The molecule has 0 bridgehead atoms. The first-order valence-electron chi connectivity index (χ1n) is 7.79. The Morgan fingerprint density at radius 3 is 2.74 bits per heavy atom. The molecule has 0 amide bonds. The van der Waals surface area contributed by atoms with Crippen LogP contribution in [0.3, 0.4) is 0 Å². The second-order valence-corrected chi connectivity index (χ2v) is 7.33. The number of nitrogens with zero attached hydrogens (tertiary/aromatic N) is 1. The smallest absolute Gasteiger partial charge is 0.0753 e. The Balaban J connectivity index is 1.60. The molecule has 3 rings (SSSR count). The highest BCUT2D eigenvalue weighted by Gasteiger charge is 2.44. The molecule has 19 heavy (non-hydrogen) atoms. The molecule has 0 aromatic carbocycles. The highest BCUT2D eigenvalue weighted by atomic mass is 16.5. The average molecular weight is 268 g/mol. The van der Waals surface area contributed by atoms with Crippen LogP contribution in [0.4, 0.5) is 0 Å². The summed E-state index contributed by atoms with van der Waals surface area (Å²) in [6.45, 7) is 7.53. The number of hydrogen-bond donors (Lipinski definition) is 2. The monoisotopic (exact) mass is 268 g/mol. The summed E-state index contributed by atoms with van der Waals surface area (Å²) >= 11 is 0. The first-order valence-corrected chi connectivity index (χ1v) is 7.79. The molecular weight excluding hydrogens is 240 g/mol. The molecule has 2 saturated carbocycles. The van der Waals surface area contributed by atoms with Gasteiger partial charge >= 0.3 is 0 Å². The van der Waals surface area contributed by atoms with Crippen molar-refractivity contribution in [3.05, 3.63) is 0 Å². The molecule has 0 aromatic rings. The van der Waals surface area contributed by atoms with Crippen LogP contribution in [0.25, 0.3) is 0 Å². The van der Waals surface area contributed by atoms with Gasteiger partial charge in [0.25, 0.3) is 0 Å². The lowest BCUT2D eigenvalue weighted by atomic mass is 9.97. The second kappa shape index (κ2) is 4.99. The van der Waals surface area contributed by atoms with Gasteiger partial charge in [-0.05, 0) is 46.0 Å². The number of rotatable bonds is 4. The van der Waals surface area contributed by atoms with Gasteiger partial charge in [-0.1, -0.05) is 0 Å². The molecule has 0 spiro atoms. The van der Waals surface area contributed by atoms with E-state index in [1.54, 1.807) is 0 Å². The minimum atomic E-state index is -0.0212. The quantitative estimate of drug-likeness (QED) is 0.802. The maximum absolute atomic E-state index is 9.81. The number of morpholine rings is 1. The third kappa shape index (κ3) is 3.13. The van der Waals surface area contributed by atoms with Crippen LogP contribution < -0.4 is 5.32 Å². The molecule has 110 valence electrons. The standard InChI is InChI=1S/C15H28N2O2/c1-14(2)10-17(7-8-19-14)13-5-6-15(9-13,11-18)16-12-3-4-12/h12-13,16,18H,3-11H2,1-2H3. The largest absolute Gasteiger partial charge is 0.394 e. The van der Waals surface area contributed by atoms with E-state index < -0.39 is 0 Å². The number of hydrogen-bond acceptors (Lipinski definition) is 4. The molecule has 1 saturated heterocycles. The van der Waals surface area contributed by atoms with Gasteiger partial charge in [0.2, 0.25) is 0 Å². The molecule has 2 N–H and O–H groups in total. The predicted octanol–water partition coefficient (Wildman–Crippen LogP) is 1.13. The van der Waals surface area contributed by atoms with E-state index in [0.717, 1.165) is 32.5 Å². The maximum Gasteiger partial charge on any atom is 0.0753 e. The van der Waals surface area contributed by atoms with Crippen molar-refractivity contribution >= 4 is 0 Å². The van der Waals surface area contributed by atoms with E-state index in [9.17, 15) is 5.11 Å². The molecule has 0 radical (unpaired) electrons. The van der Waals surface area contributed by atoms with Crippen molar-refractivity contribution in [3.63, 3.8) is 0 Å². The van der Waals surface area contributed by atoms with Crippen molar-refractivity contribution < 1.29 is 9.84 Å². The topological polar surface area (TPSA) is 44.7 Å². The summed E-state index contributed by atoms with van der Waals surface area (Å²) in [5.74, 6) is 0. The van der Waals surface area contributed by atoms with Crippen LogP contribution >= 0.6 is 0 Å². The van der Waals surface area contributed by atoms with E-state index >= 15 is 0 Å². The number of nitrogens with one attached hydrogen (secondary N) is 1. The fraction of sp³-hybridized carbons (Fsp3) is 1.00. The summed E-state index contributed by atoms with van der Waals surface area (Å²) in [7, 11) is 0. The second-order valence-electron chi connectivity index (χ2n) is 7.33. The van der Waals surface area contributed by atoms with Crippen molar-refractivity contribution in [2.24, 2.45) is 0 Å². The fourth-order valence-electron chi connectivity index (χ4n) is 3.76. The van der Waals surface area contributed by atoms with E-state index in [1.165, 1.54) is 19.3 Å².